The summed E-state index contributed by atoms with van der Waals surface area (Å²) in [6, 6.07) is 8.59. The molecule has 0 saturated heterocycles. The Hall–Kier alpha value is -2.90. The molecule has 144 valence electrons. The number of anilines is 2. The van der Waals surface area contributed by atoms with E-state index in [4.69, 9.17) is 27.9 Å². The largest absolute Gasteiger partial charge is 0.434 e. The number of halogens is 2. The lowest BCUT2D eigenvalue weighted by molar-refractivity contribution is -0.385. The van der Waals surface area contributed by atoms with Gasteiger partial charge in [-0.2, -0.15) is 4.98 Å². The van der Waals surface area contributed by atoms with Crippen molar-refractivity contribution in [3.8, 4) is 11.6 Å². The van der Waals surface area contributed by atoms with Gasteiger partial charge >= 0.3 is 11.6 Å². The van der Waals surface area contributed by atoms with Crippen molar-refractivity contribution in [3.63, 3.8) is 0 Å². The van der Waals surface area contributed by atoms with E-state index in [-0.39, 0.29) is 17.4 Å². The van der Waals surface area contributed by atoms with Crippen LogP contribution < -0.4 is 10.1 Å². The molecule has 3 aromatic rings. The summed E-state index contributed by atoms with van der Waals surface area (Å²) in [5, 5.41) is 15.7. The van der Waals surface area contributed by atoms with Crippen LogP contribution in [0.4, 0.5) is 17.2 Å². The molecule has 0 fully saturated rings. The van der Waals surface area contributed by atoms with E-state index in [1.165, 1.54) is 6.33 Å². The number of nitro groups is 1. The average Bonchev–Trinajstić information content (AvgIpc) is 2.62. The minimum Gasteiger partial charge on any atom is -0.434 e. The van der Waals surface area contributed by atoms with Crippen molar-refractivity contribution in [1.29, 1.82) is 0 Å². The van der Waals surface area contributed by atoms with Gasteiger partial charge in [0.15, 0.2) is 0 Å². The van der Waals surface area contributed by atoms with Crippen LogP contribution in [0.25, 0.3) is 0 Å². The Balaban J connectivity index is 2.00. The normalized spacial score (nSPS) is 10.6. The number of ether oxygens (including phenoxy) is 1. The number of benzene rings is 2. The monoisotopic (exact) mass is 418 g/mol. The zero-order chi connectivity index (χ0) is 20.4. The van der Waals surface area contributed by atoms with Crippen LogP contribution in [-0.2, 0) is 0 Å². The lowest BCUT2D eigenvalue weighted by Crippen LogP contribution is -2.04. The summed E-state index contributed by atoms with van der Waals surface area (Å²) >= 11 is 12.3. The Kier molecular flexibility index (Phi) is 5.67. The van der Waals surface area contributed by atoms with Gasteiger partial charge in [0.2, 0.25) is 5.82 Å². The summed E-state index contributed by atoms with van der Waals surface area (Å²) in [6.45, 7) is 5.51. The lowest BCUT2D eigenvalue weighted by atomic mass is 10.1. The van der Waals surface area contributed by atoms with Gasteiger partial charge in [-0.15, -0.1) is 0 Å². The molecule has 1 N–H and O–H groups in total. The molecule has 0 bridgehead atoms. The van der Waals surface area contributed by atoms with Crippen molar-refractivity contribution in [2.75, 3.05) is 5.32 Å². The number of rotatable bonds is 5. The van der Waals surface area contributed by atoms with Gasteiger partial charge in [0.25, 0.3) is 0 Å². The van der Waals surface area contributed by atoms with Crippen LogP contribution in [-0.4, -0.2) is 14.9 Å². The Bertz CT molecular complexity index is 1050. The van der Waals surface area contributed by atoms with Crippen LogP contribution in [0.1, 0.15) is 16.7 Å². The molecule has 0 radical (unpaired) electrons. The maximum absolute atomic E-state index is 11.7. The highest BCUT2D eigenvalue weighted by Crippen LogP contribution is 2.37. The van der Waals surface area contributed by atoms with E-state index in [2.05, 4.69) is 15.3 Å². The second-order valence-corrected chi connectivity index (χ2v) is 6.98. The van der Waals surface area contributed by atoms with Crippen molar-refractivity contribution in [1.82, 2.24) is 9.97 Å². The first-order valence-corrected chi connectivity index (χ1v) is 8.99. The van der Waals surface area contributed by atoms with E-state index >= 15 is 0 Å². The number of aryl methyl sites for hydroxylation is 3. The first-order chi connectivity index (χ1) is 13.3. The van der Waals surface area contributed by atoms with Crippen LogP contribution in [0.2, 0.25) is 10.0 Å². The van der Waals surface area contributed by atoms with Crippen molar-refractivity contribution >= 4 is 40.4 Å². The van der Waals surface area contributed by atoms with Gasteiger partial charge in [-0.3, -0.25) is 10.1 Å². The van der Waals surface area contributed by atoms with E-state index < -0.39 is 4.92 Å². The summed E-state index contributed by atoms with van der Waals surface area (Å²) in [4.78, 5) is 19.0. The fourth-order valence-corrected chi connectivity index (χ4v) is 2.87. The third-order valence-corrected chi connectivity index (χ3v) is 5.03. The molecule has 7 nitrogen and oxygen atoms in total. The third-order valence-electron chi connectivity index (χ3n) is 4.03. The van der Waals surface area contributed by atoms with Crippen molar-refractivity contribution in [3.05, 3.63) is 73.5 Å². The Morgan fingerprint density at radius 1 is 1.04 bits per heavy atom. The van der Waals surface area contributed by atoms with Crippen molar-refractivity contribution < 1.29 is 9.66 Å². The standard InChI is InChI=1S/C19H16Cl2N4O3/c1-10-4-5-13(8-15(10)20)24-18-17(25(26)27)19(23-9-22-18)28-14-6-11(2)16(21)12(3)7-14/h4-9H,1-3H3,(H,22,23,24). The summed E-state index contributed by atoms with van der Waals surface area (Å²) < 4.78 is 5.69. The molecule has 2 aromatic carbocycles. The first-order valence-electron chi connectivity index (χ1n) is 8.23. The van der Waals surface area contributed by atoms with Crippen LogP contribution in [0.15, 0.2) is 36.7 Å². The zero-order valence-corrected chi connectivity index (χ0v) is 16.8. The summed E-state index contributed by atoms with van der Waals surface area (Å²) in [7, 11) is 0. The molecule has 0 spiro atoms. The predicted molar refractivity (Wildman–Crippen MR) is 109 cm³/mol. The van der Waals surface area contributed by atoms with Gasteiger partial charge in [-0.05, 0) is 61.7 Å². The minimum atomic E-state index is -0.594. The topological polar surface area (TPSA) is 90.2 Å². The molecule has 3 rings (SSSR count). The van der Waals surface area contributed by atoms with Crippen molar-refractivity contribution in [2.24, 2.45) is 0 Å². The maximum Gasteiger partial charge on any atom is 0.373 e. The number of nitrogens with zero attached hydrogens (tertiary/aromatic N) is 3. The molecule has 28 heavy (non-hydrogen) atoms. The number of nitrogens with one attached hydrogen (secondary N) is 1. The molecular formula is C19H16Cl2N4O3. The molecule has 0 aliphatic rings. The summed E-state index contributed by atoms with van der Waals surface area (Å²) in [5.41, 5.74) is 2.65. The molecule has 0 aliphatic heterocycles. The lowest BCUT2D eigenvalue weighted by Gasteiger charge is -2.11. The van der Waals surface area contributed by atoms with Crippen LogP contribution in [0.3, 0.4) is 0 Å². The Labute approximate surface area is 171 Å². The smallest absolute Gasteiger partial charge is 0.373 e. The molecule has 0 saturated carbocycles. The van der Waals surface area contributed by atoms with E-state index in [1.54, 1.807) is 30.3 Å². The van der Waals surface area contributed by atoms with E-state index in [0.717, 1.165) is 16.7 Å². The maximum atomic E-state index is 11.7. The SMILES string of the molecule is Cc1ccc(Nc2ncnc(Oc3cc(C)c(Cl)c(C)c3)c2[N+](=O)[O-])cc1Cl. The van der Waals surface area contributed by atoms with E-state index in [9.17, 15) is 10.1 Å². The molecule has 0 aliphatic carbocycles. The first kappa shape index (κ1) is 19.9. The fraction of sp³-hybridized carbons (Fsp3) is 0.158. The molecule has 9 heteroatoms. The van der Waals surface area contributed by atoms with E-state index in [1.807, 2.05) is 20.8 Å². The molecule has 1 aromatic heterocycles. The number of aromatic nitrogens is 2. The average molecular weight is 419 g/mol. The van der Waals surface area contributed by atoms with Crippen LogP contribution >= 0.6 is 23.2 Å². The quantitative estimate of drug-likeness (QED) is 0.394. The van der Waals surface area contributed by atoms with Crippen LogP contribution in [0, 0.1) is 30.9 Å². The van der Waals surface area contributed by atoms with Crippen molar-refractivity contribution in [2.45, 2.75) is 20.8 Å². The fourth-order valence-electron chi connectivity index (χ4n) is 2.58. The molecular weight excluding hydrogens is 403 g/mol. The highest BCUT2D eigenvalue weighted by atomic mass is 35.5. The van der Waals surface area contributed by atoms with Gasteiger partial charge in [0, 0.05) is 15.7 Å². The van der Waals surface area contributed by atoms with Crippen LogP contribution in [0.5, 0.6) is 11.6 Å². The Morgan fingerprint density at radius 3 is 2.32 bits per heavy atom. The second-order valence-electron chi connectivity index (χ2n) is 6.20. The summed E-state index contributed by atoms with van der Waals surface area (Å²) in [6.07, 6.45) is 1.19. The van der Waals surface area contributed by atoms with Gasteiger partial charge < -0.3 is 10.1 Å². The second kappa shape index (κ2) is 8.00. The highest BCUT2D eigenvalue weighted by molar-refractivity contribution is 6.32. The molecule has 0 unspecified atom stereocenters. The van der Waals surface area contributed by atoms with E-state index in [0.29, 0.717) is 21.5 Å². The molecule has 0 amide bonds. The molecule has 1 heterocycles. The summed E-state index contributed by atoms with van der Waals surface area (Å²) in [5.74, 6) is 0.213. The van der Waals surface area contributed by atoms with Gasteiger partial charge in [-0.1, -0.05) is 29.3 Å². The van der Waals surface area contributed by atoms with Gasteiger partial charge in [0.1, 0.15) is 12.1 Å². The number of hydrogen-bond acceptors (Lipinski definition) is 6. The highest BCUT2D eigenvalue weighted by Gasteiger charge is 2.25. The molecule has 0 atom stereocenters. The third kappa shape index (κ3) is 4.16. The predicted octanol–water partition coefficient (Wildman–Crippen LogP) is 6.15. The van der Waals surface area contributed by atoms with Gasteiger partial charge in [0.05, 0.1) is 4.92 Å². The minimum absolute atomic E-state index is 0.00247. The number of hydrogen-bond donors (Lipinski definition) is 1. The van der Waals surface area contributed by atoms with Gasteiger partial charge in [-0.25, -0.2) is 4.98 Å². The Morgan fingerprint density at radius 2 is 1.71 bits per heavy atom. The zero-order valence-electron chi connectivity index (χ0n) is 15.3.